The van der Waals surface area contributed by atoms with E-state index in [1.54, 1.807) is 0 Å². The highest BCUT2D eigenvalue weighted by Crippen LogP contribution is 1.94. The van der Waals surface area contributed by atoms with Crippen LogP contribution in [0.1, 0.15) is 108 Å². The Balaban J connectivity index is -0.0000000985. The van der Waals surface area contributed by atoms with Crippen LogP contribution in [0.3, 0.4) is 0 Å². The highest BCUT2D eigenvalue weighted by atomic mass is 15.2. The first-order valence-electron chi connectivity index (χ1n) is 17.7. The van der Waals surface area contributed by atoms with Crippen LogP contribution in [0.4, 0.5) is 0 Å². The summed E-state index contributed by atoms with van der Waals surface area (Å²) in [4.78, 5) is 5.98. The average Bonchev–Trinajstić information content (AvgIpc) is 3.65. The maximum Gasteiger partial charge on any atom is 0.364 e. The van der Waals surface area contributed by atoms with Crippen LogP contribution in [0.25, 0.3) is 0 Å². The van der Waals surface area contributed by atoms with Crippen molar-refractivity contribution in [2.24, 2.45) is 0 Å². The van der Waals surface area contributed by atoms with E-state index in [0.29, 0.717) is 0 Å². The average molecular weight is 611 g/mol. The van der Waals surface area contributed by atoms with Gasteiger partial charge in [0.2, 0.25) is 0 Å². The summed E-state index contributed by atoms with van der Waals surface area (Å²) < 4.78 is 7.82. The predicted molar refractivity (Wildman–Crippen MR) is 211 cm³/mol. The molecular weight excluding hydrogens is 525 g/mol. The molecule has 0 radical (unpaired) electrons. The van der Waals surface area contributed by atoms with E-state index in [1.165, 1.54) is 57.5 Å². The highest BCUT2D eigenvalue weighted by molar-refractivity contribution is 6.58. The first-order chi connectivity index (χ1) is 19.6. The fourth-order valence-electron chi connectivity index (χ4n) is 2.44. The lowest BCUT2D eigenvalue weighted by molar-refractivity contribution is -0.849. The van der Waals surface area contributed by atoms with Crippen molar-refractivity contribution < 1.29 is 8.96 Å². The smallest absolute Gasteiger partial charge is 0.364 e. The molecule has 6 nitrogen and oxygen atoms in total. The second-order valence-corrected chi connectivity index (χ2v) is 13.6. The van der Waals surface area contributed by atoms with E-state index in [9.17, 15) is 0 Å². The van der Waals surface area contributed by atoms with Crippen molar-refractivity contribution in [3.8, 4) is 0 Å². The van der Waals surface area contributed by atoms with E-state index in [0.717, 1.165) is 4.48 Å². The molecule has 2 atom stereocenters. The SMILES string of the molecule is C.CCCC.CCCC.CCCC.CC[BH-](C)n1ccnc1.CN(C)C.C[N+](C)(C)C.[CH2+][BH-](CC)n1cc[n+]([BH2-]CC)c1. The molecule has 2 aromatic heterocycles. The van der Waals surface area contributed by atoms with Crippen molar-refractivity contribution in [3.63, 3.8) is 0 Å². The number of quaternary nitrogens is 1. The quantitative estimate of drug-likeness (QED) is 0.165. The normalized spacial score (nSPS) is 10.8. The maximum atomic E-state index is 4.15. The van der Waals surface area contributed by atoms with E-state index >= 15 is 0 Å². The standard InChI is InChI=1S/C8H18B2N2.C6H12BN2.C4H12N.3C4H10.C3H9N.CH4/c1-4-9-11-6-7-12(8-11)10(3)5-2;1-3-7(2)9-5-4-8-6-9;1-5(2,3)4;3*1-3-4-2;1-4(2)3;/h6-8,10H,3-5,9H2,1-2H3;4-7H,3H2,1-2H3;1-4H3;3*3-4H2,1-2H3;1-3H3;1H4/q;-1;+1;;;;;. The molecule has 0 fully saturated rings. The number of imidazole rings is 2. The molecule has 2 rings (SSSR count). The molecule has 0 amide bonds. The number of hydrogen-bond donors (Lipinski definition) is 0. The first kappa shape index (κ1) is 53.9. The Hall–Kier alpha value is -1.60. The highest BCUT2D eigenvalue weighted by Gasteiger charge is 2.09. The second-order valence-electron chi connectivity index (χ2n) is 13.6. The van der Waals surface area contributed by atoms with Crippen LogP contribution in [-0.4, -0.2) is 93.8 Å². The van der Waals surface area contributed by atoms with Gasteiger partial charge in [-0.2, -0.15) is 13.1 Å². The molecule has 0 aliphatic rings. The first-order valence-corrected chi connectivity index (χ1v) is 17.7. The molecule has 2 aromatic rings. The van der Waals surface area contributed by atoms with Crippen LogP contribution in [0.2, 0.25) is 25.8 Å². The monoisotopic (exact) mass is 611 g/mol. The maximum absolute atomic E-state index is 4.15. The van der Waals surface area contributed by atoms with Gasteiger partial charge in [0.05, 0.1) is 53.8 Å². The third-order valence-corrected chi connectivity index (χ3v) is 6.00. The lowest BCUT2D eigenvalue weighted by Crippen LogP contribution is -2.37. The Morgan fingerprint density at radius 1 is 0.767 bits per heavy atom. The largest absolute Gasteiger partial charge is 0.517 e. The van der Waals surface area contributed by atoms with Crippen LogP contribution in [-0.2, 0) is 0 Å². The van der Waals surface area contributed by atoms with Gasteiger partial charge >= 0.3 is 6.85 Å². The molecular formula is C34H85B3N6. The minimum Gasteiger partial charge on any atom is -0.517 e. The Labute approximate surface area is 276 Å². The van der Waals surface area contributed by atoms with Crippen LogP contribution in [0.15, 0.2) is 37.4 Å². The van der Waals surface area contributed by atoms with Gasteiger partial charge in [-0.1, -0.05) is 121 Å². The Morgan fingerprint density at radius 3 is 1.42 bits per heavy atom. The van der Waals surface area contributed by atoms with Gasteiger partial charge in [-0.05, 0) is 27.3 Å². The molecule has 43 heavy (non-hydrogen) atoms. The summed E-state index contributed by atoms with van der Waals surface area (Å²) in [6.07, 6.45) is 24.0. The molecule has 0 saturated carbocycles. The minimum absolute atomic E-state index is 0. The van der Waals surface area contributed by atoms with Gasteiger partial charge < -0.3 is 22.8 Å². The number of aromatic nitrogens is 4. The van der Waals surface area contributed by atoms with E-state index in [2.05, 4.69) is 141 Å². The molecule has 9 heteroatoms. The lowest BCUT2D eigenvalue weighted by atomic mass is 9.62. The van der Waals surface area contributed by atoms with Crippen LogP contribution in [0.5, 0.6) is 0 Å². The van der Waals surface area contributed by atoms with Gasteiger partial charge in [0.1, 0.15) is 0 Å². The van der Waals surface area contributed by atoms with Crippen molar-refractivity contribution in [1.82, 2.24) is 18.8 Å². The van der Waals surface area contributed by atoms with Gasteiger partial charge in [0, 0.05) is 6.20 Å². The van der Waals surface area contributed by atoms with E-state index in [4.69, 9.17) is 0 Å². The molecule has 0 bridgehead atoms. The van der Waals surface area contributed by atoms with Crippen molar-refractivity contribution in [1.29, 1.82) is 0 Å². The van der Waals surface area contributed by atoms with Crippen molar-refractivity contribution >= 4 is 21.1 Å². The van der Waals surface area contributed by atoms with Crippen molar-refractivity contribution in [3.05, 3.63) is 44.3 Å². The van der Waals surface area contributed by atoms with Gasteiger partial charge in [-0.25, -0.2) is 4.98 Å². The van der Waals surface area contributed by atoms with Gasteiger partial charge in [-0.3, -0.25) is 0 Å². The molecule has 0 N–H and O–H groups in total. The zero-order valence-electron chi connectivity index (χ0n) is 32.6. The molecule has 0 saturated heterocycles. The van der Waals surface area contributed by atoms with Crippen LogP contribution >= 0.6 is 0 Å². The van der Waals surface area contributed by atoms with E-state index < -0.39 is 0 Å². The van der Waals surface area contributed by atoms with Gasteiger partial charge in [0.25, 0.3) is 0 Å². The Morgan fingerprint density at radius 2 is 1.16 bits per heavy atom. The molecule has 2 heterocycles. The third kappa shape index (κ3) is 56.8. The number of rotatable bonds is 9. The Kier molecular flexibility index (Phi) is 50.7. The topological polar surface area (TPSA) is 29.9 Å². The summed E-state index contributed by atoms with van der Waals surface area (Å²) in [6, 6.07) is 0. The fourth-order valence-corrected chi connectivity index (χ4v) is 2.44. The van der Waals surface area contributed by atoms with Gasteiger partial charge in [-0.15, -0.1) is 6.32 Å². The summed E-state index contributed by atoms with van der Waals surface area (Å²) in [6.45, 7) is 25.6. The number of unbranched alkanes of at least 4 members (excludes halogenated alkanes) is 3. The van der Waals surface area contributed by atoms with E-state index in [-0.39, 0.29) is 28.5 Å². The minimum atomic E-state index is -0.368. The molecule has 260 valence electrons. The van der Waals surface area contributed by atoms with Crippen LogP contribution in [0, 0.1) is 6.82 Å². The molecule has 0 aromatic carbocycles. The summed E-state index contributed by atoms with van der Waals surface area (Å²) in [5.74, 6) is 0. The summed E-state index contributed by atoms with van der Waals surface area (Å²) in [5, 5.41) is 0. The molecule has 0 aliphatic heterocycles. The van der Waals surface area contributed by atoms with Crippen molar-refractivity contribution in [2.75, 3.05) is 49.3 Å². The third-order valence-electron chi connectivity index (χ3n) is 6.00. The zero-order valence-corrected chi connectivity index (χ0v) is 32.6. The number of nitrogens with zero attached hydrogens (tertiary/aromatic N) is 6. The fraction of sp³-hybridized carbons (Fsp3) is 0.794. The Bertz CT molecular complexity index is 677. The molecule has 2 unspecified atom stereocenters. The predicted octanol–water partition coefficient (Wildman–Crippen LogP) is 7.77. The summed E-state index contributed by atoms with van der Waals surface area (Å²) in [7, 11) is 14.6. The van der Waals surface area contributed by atoms with E-state index in [1.807, 2.05) is 44.8 Å². The van der Waals surface area contributed by atoms with Gasteiger partial charge in [0.15, 0.2) is 13.7 Å². The molecule has 0 aliphatic carbocycles. The number of hydrogen-bond acceptors (Lipinski definition) is 2. The van der Waals surface area contributed by atoms with Crippen molar-refractivity contribution in [2.45, 2.75) is 134 Å². The summed E-state index contributed by atoms with van der Waals surface area (Å²) >= 11 is 0. The zero-order chi connectivity index (χ0) is 34.0. The molecule has 0 spiro atoms. The second kappa shape index (κ2) is 40.4. The summed E-state index contributed by atoms with van der Waals surface area (Å²) in [5.41, 5.74) is 0. The lowest BCUT2D eigenvalue weighted by Gasteiger charge is -2.15. The van der Waals surface area contributed by atoms with Crippen LogP contribution < -0.4 is 4.48 Å².